The highest BCUT2D eigenvalue weighted by Crippen LogP contribution is 2.19. The molecule has 3 rings (SSSR count). The van der Waals surface area contributed by atoms with Crippen molar-refractivity contribution in [2.45, 2.75) is 39.2 Å². The Balaban J connectivity index is 1.86. The molecule has 0 bridgehead atoms. The zero-order valence-electron chi connectivity index (χ0n) is 12.2. The van der Waals surface area contributed by atoms with Gasteiger partial charge in [-0.25, -0.2) is 4.98 Å². The fourth-order valence-electron chi connectivity index (χ4n) is 2.86. The second kappa shape index (κ2) is 5.75. The maximum Gasteiger partial charge on any atom is 0.203 e. The molecule has 0 spiro atoms. The first-order valence-corrected chi connectivity index (χ1v) is 7.44. The fraction of sp³-hybridized carbons (Fsp3) is 0.643. The average molecular weight is 274 g/mol. The summed E-state index contributed by atoms with van der Waals surface area (Å²) in [7, 11) is 0. The van der Waals surface area contributed by atoms with E-state index in [0.29, 0.717) is 6.04 Å². The number of hydrogen-bond donors (Lipinski definition) is 1. The van der Waals surface area contributed by atoms with Crippen LogP contribution in [0.3, 0.4) is 0 Å². The monoisotopic (exact) mass is 274 g/mol. The molecule has 1 fully saturated rings. The Hall–Kier alpha value is -1.69. The van der Waals surface area contributed by atoms with Gasteiger partial charge in [0, 0.05) is 31.5 Å². The second-order valence-electron chi connectivity index (χ2n) is 5.38. The van der Waals surface area contributed by atoms with Gasteiger partial charge in [0.2, 0.25) is 5.65 Å². The van der Waals surface area contributed by atoms with Crippen molar-refractivity contribution >= 4 is 11.5 Å². The first kappa shape index (κ1) is 13.3. The predicted molar refractivity (Wildman–Crippen MR) is 79.0 cm³/mol. The number of nitrogens with zero attached hydrogens (tertiary/aromatic N) is 5. The fourth-order valence-corrected chi connectivity index (χ4v) is 2.86. The first-order chi connectivity index (χ1) is 9.79. The summed E-state index contributed by atoms with van der Waals surface area (Å²) < 4.78 is 2.00. The molecule has 20 heavy (non-hydrogen) atoms. The van der Waals surface area contributed by atoms with Crippen LogP contribution in [0.2, 0.25) is 0 Å². The number of nitrogens with one attached hydrogen (secondary N) is 1. The summed E-state index contributed by atoms with van der Waals surface area (Å²) in [5, 5.41) is 12.0. The van der Waals surface area contributed by atoms with Gasteiger partial charge in [-0.05, 0) is 33.2 Å². The molecule has 0 amide bonds. The maximum absolute atomic E-state index is 4.53. The van der Waals surface area contributed by atoms with Crippen LogP contribution in [0.5, 0.6) is 0 Å². The Kier molecular flexibility index (Phi) is 3.82. The molecule has 0 saturated carbocycles. The lowest BCUT2D eigenvalue weighted by Crippen LogP contribution is -2.44. The van der Waals surface area contributed by atoms with Crippen molar-refractivity contribution < 1.29 is 0 Å². The van der Waals surface area contributed by atoms with Crippen LogP contribution < -0.4 is 10.2 Å². The molecular formula is C14H22N6. The van der Waals surface area contributed by atoms with Gasteiger partial charge in [-0.2, -0.15) is 0 Å². The van der Waals surface area contributed by atoms with Gasteiger partial charge >= 0.3 is 0 Å². The molecule has 3 heterocycles. The van der Waals surface area contributed by atoms with Crippen LogP contribution >= 0.6 is 0 Å². The topological polar surface area (TPSA) is 58.4 Å². The smallest absolute Gasteiger partial charge is 0.203 e. The van der Waals surface area contributed by atoms with Crippen molar-refractivity contribution in [2.24, 2.45) is 0 Å². The Morgan fingerprint density at radius 3 is 3.05 bits per heavy atom. The molecule has 0 aliphatic carbocycles. The summed E-state index contributed by atoms with van der Waals surface area (Å²) in [4.78, 5) is 6.83. The minimum absolute atomic E-state index is 0.551. The first-order valence-electron chi connectivity index (χ1n) is 7.44. The highest BCUT2D eigenvalue weighted by Gasteiger charge is 2.19. The summed E-state index contributed by atoms with van der Waals surface area (Å²) in [5.41, 5.74) is 0.850. The molecule has 108 valence electrons. The van der Waals surface area contributed by atoms with Gasteiger partial charge < -0.3 is 10.2 Å². The van der Waals surface area contributed by atoms with E-state index in [9.17, 15) is 0 Å². The summed E-state index contributed by atoms with van der Waals surface area (Å²) in [5.74, 6) is 1.83. The van der Waals surface area contributed by atoms with Gasteiger partial charge in [0.1, 0.15) is 5.82 Å². The van der Waals surface area contributed by atoms with Crippen molar-refractivity contribution in [1.29, 1.82) is 0 Å². The third kappa shape index (κ3) is 2.47. The molecule has 1 N–H and O–H groups in total. The highest BCUT2D eigenvalue weighted by atomic mass is 15.3. The molecule has 0 radical (unpaired) electrons. The van der Waals surface area contributed by atoms with Gasteiger partial charge in [0.05, 0.1) is 0 Å². The van der Waals surface area contributed by atoms with Gasteiger partial charge in [0.15, 0.2) is 5.82 Å². The third-order valence-corrected chi connectivity index (χ3v) is 4.01. The van der Waals surface area contributed by atoms with Gasteiger partial charge in [-0.1, -0.05) is 6.42 Å². The van der Waals surface area contributed by atoms with Crippen LogP contribution in [0.15, 0.2) is 12.4 Å². The maximum atomic E-state index is 4.53. The van der Waals surface area contributed by atoms with E-state index in [2.05, 4.69) is 32.3 Å². The lowest BCUT2D eigenvalue weighted by atomic mass is 10.0. The van der Waals surface area contributed by atoms with Crippen LogP contribution in [-0.4, -0.2) is 45.3 Å². The van der Waals surface area contributed by atoms with Crippen LogP contribution in [0, 0.1) is 6.92 Å². The SMILES string of the molecule is CCN(CC1CCCCN1)c1nccn2c(C)nnc12. The van der Waals surface area contributed by atoms with Crippen molar-refractivity contribution in [1.82, 2.24) is 24.9 Å². The minimum Gasteiger partial charge on any atom is -0.352 e. The summed E-state index contributed by atoms with van der Waals surface area (Å²) in [6.07, 6.45) is 7.60. The van der Waals surface area contributed by atoms with E-state index >= 15 is 0 Å². The van der Waals surface area contributed by atoms with Crippen LogP contribution in [0.4, 0.5) is 5.82 Å². The molecule has 1 aliphatic rings. The molecule has 6 heteroatoms. The van der Waals surface area contributed by atoms with E-state index in [-0.39, 0.29) is 0 Å². The summed E-state index contributed by atoms with van der Waals surface area (Å²) >= 11 is 0. The largest absolute Gasteiger partial charge is 0.352 e. The molecule has 2 aromatic heterocycles. The van der Waals surface area contributed by atoms with Crippen molar-refractivity contribution in [3.05, 3.63) is 18.2 Å². The molecule has 1 unspecified atom stereocenters. The predicted octanol–water partition coefficient (Wildman–Crippen LogP) is 1.40. The number of aryl methyl sites for hydroxylation is 1. The number of fused-ring (bicyclic) bond motifs is 1. The van der Waals surface area contributed by atoms with E-state index in [1.165, 1.54) is 19.3 Å². The van der Waals surface area contributed by atoms with E-state index in [0.717, 1.165) is 36.9 Å². The number of anilines is 1. The Morgan fingerprint density at radius 1 is 1.40 bits per heavy atom. The van der Waals surface area contributed by atoms with Crippen LogP contribution in [-0.2, 0) is 0 Å². The summed E-state index contributed by atoms with van der Waals surface area (Å²) in [6.45, 7) is 7.16. The minimum atomic E-state index is 0.551. The molecule has 1 atom stereocenters. The zero-order valence-corrected chi connectivity index (χ0v) is 12.2. The molecule has 1 aliphatic heterocycles. The van der Waals surface area contributed by atoms with E-state index in [1.54, 1.807) is 0 Å². The van der Waals surface area contributed by atoms with Gasteiger partial charge in [-0.15, -0.1) is 10.2 Å². The Labute approximate surface area is 119 Å². The molecule has 2 aromatic rings. The standard InChI is InChI=1S/C14H22N6/c1-3-19(10-12-6-4-5-7-15-12)13-14-18-17-11(2)20(14)9-8-16-13/h8-9,12,15H,3-7,10H2,1-2H3. The zero-order chi connectivity index (χ0) is 13.9. The molecule has 0 aromatic carbocycles. The van der Waals surface area contributed by atoms with Crippen LogP contribution in [0.1, 0.15) is 32.0 Å². The van der Waals surface area contributed by atoms with E-state index in [4.69, 9.17) is 0 Å². The second-order valence-corrected chi connectivity index (χ2v) is 5.38. The van der Waals surface area contributed by atoms with Crippen molar-refractivity contribution in [3.8, 4) is 0 Å². The van der Waals surface area contributed by atoms with Gasteiger partial charge in [-0.3, -0.25) is 4.40 Å². The van der Waals surface area contributed by atoms with Gasteiger partial charge in [0.25, 0.3) is 0 Å². The number of hydrogen-bond acceptors (Lipinski definition) is 5. The lowest BCUT2D eigenvalue weighted by molar-refractivity contribution is 0.400. The quantitative estimate of drug-likeness (QED) is 0.913. The number of rotatable bonds is 4. The lowest BCUT2D eigenvalue weighted by Gasteiger charge is -2.30. The molecular weight excluding hydrogens is 252 g/mol. The van der Waals surface area contributed by atoms with Crippen LogP contribution in [0.25, 0.3) is 5.65 Å². The highest BCUT2D eigenvalue weighted by molar-refractivity contribution is 5.63. The van der Waals surface area contributed by atoms with Crippen molar-refractivity contribution in [2.75, 3.05) is 24.5 Å². The average Bonchev–Trinajstić information content (AvgIpc) is 2.88. The van der Waals surface area contributed by atoms with Crippen molar-refractivity contribution in [3.63, 3.8) is 0 Å². The Morgan fingerprint density at radius 2 is 2.30 bits per heavy atom. The number of likely N-dealkylation sites (N-methyl/N-ethyl adjacent to an activating group) is 1. The molecule has 1 saturated heterocycles. The normalized spacial score (nSPS) is 19.4. The third-order valence-electron chi connectivity index (χ3n) is 4.01. The number of aromatic nitrogens is 4. The Bertz CT molecular complexity index is 572. The number of piperidine rings is 1. The van der Waals surface area contributed by atoms with E-state index in [1.807, 2.05) is 23.7 Å². The molecule has 6 nitrogen and oxygen atoms in total. The van der Waals surface area contributed by atoms with E-state index < -0.39 is 0 Å². The summed E-state index contributed by atoms with van der Waals surface area (Å²) in [6, 6.07) is 0.551.